The molecule has 0 bridgehead atoms. The minimum atomic E-state index is -0.230. The highest BCUT2D eigenvalue weighted by Gasteiger charge is 2.18. The summed E-state index contributed by atoms with van der Waals surface area (Å²) in [6.45, 7) is 1.81. The normalized spacial score (nSPS) is 15.6. The number of aromatic nitrogens is 2. The predicted octanol–water partition coefficient (Wildman–Crippen LogP) is 3.90. The first-order chi connectivity index (χ1) is 11.8. The van der Waals surface area contributed by atoms with Crippen molar-refractivity contribution in [1.82, 2.24) is 15.1 Å². The van der Waals surface area contributed by atoms with Crippen LogP contribution in [-0.4, -0.2) is 16.8 Å². The molecule has 1 aromatic heterocycles. The van der Waals surface area contributed by atoms with E-state index in [1.165, 1.54) is 38.2 Å². The van der Waals surface area contributed by atoms with E-state index in [9.17, 15) is 4.39 Å². The molecule has 1 aliphatic carbocycles. The van der Waals surface area contributed by atoms with E-state index < -0.39 is 0 Å². The van der Waals surface area contributed by atoms with Gasteiger partial charge in [-0.1, -0.05) is 37.5 Å². The van der Waals surface area contributed by atoms with Crippen LogP contribution < -0.4 is 10.1 Å². The Morgan fingerprint density at radius 1 is 1.25 bits per heavy atom. The van der Waals surface area contributed by atoms with Gasteiger partial charge in [0.2, 0.25) is 5.88 Å². The van der Waals surface area contributed by atoms with E-state index in [0.29, 0.717) is 18.0 Å². The molecule has 0 saturated heterocycles. The van der Waals surface area contributed by atoms with Gasteiger partial charge in [-0.25, -0.2) is 9.07 Å². The molecule has 130 valence electrons. The standard InChI is InChI=1S/C19H26FN3O/c1-21-12-17-11-19(24-14-16-9-5-6-10-18(16)20)23(22-17)13-15-7-3-2-4-8-15/h5-6,9-11,15,21H,2-4,7-8,12-14H2,1H3. The topological polar surface area (TPSA) is 39.1 Å². The van der Waals surface area contributed by atoms with Crippen LogP contribution in [0.1, 0.15) is 43.4 Å². The second-order valence-corrected chi connectivity index (χ2v) is 6.57. The Morgan fingerprint density at radius 3 is 2.79 bits per heavy atom. The van der Waals surface area contributed by atoms with Gasteiger partial charge >= 0.3 is 0 Å². The van der Waals surface area contributed by atoms with Crippen LogP contribution >= 0.6 is 0 Å². The summed E-state index contributed by atoms with van der Waals surface area (Å²) >= 11 is 0. The highest BCUT2D eigenvalue weighted by molar-refractivity contribution is 5.20. The van der Waals surface area contributed by atoms with Gasteiger partial charge in [0, 0.05) is 24.7 Å². The average molecular weight is 331 g/mol. The summed E-state index contributed by atoms with van der Waals surface area (Å²) in [6, 6.07) is 8.70. The summed E-state index contributed by atoms with van der Waals surface area (Å²) in [5.41, 5.74) is 1.52. The van der Waals surface area contributed by atoms with Crippen molar-refractivity contribution in [2.75, 3.05) is 7.05 Å². The van der Waals surface area contributed by atoms with Gasteiger partial charge in [0.15, 0.2) is 0 Å². The van der Waals surface area contributed by atoms with E-state index in [2.05, 4.69) is 10.4 Å². The second kappa shape index (κ2) is 8.29. The van der Waals surface area contributed by atoms with Crippen LogP contribution in [-0.2, 0) is 19.7 Å². The summed E-state index contributed by atoms with van der Waals surface area (Å²) in [7, 11) is 1.90. The van der Waals surface area contributed by atoms with E-state index in [4.69, 9.17) is 4.74 Å². The van der Waals surface area contributed by atoms with Crippen LogP contribution in [0.2, 0.25) is 0 Å². The van der Waals surface area contributed by atoms with Gasteiger partial charge < -0.3 is 10.1 Å². The molecule has 24 heavy (non-hydrogen) atoms. The zero-order valence-electron chi connectivity index (χ0n) is 14.3. The molecule has 0 atom stereocenters. The number of hydrogen-bond donors (Lipinski definition) is 1. The molecule has 0 amide bonds. The Bertz CT molecular complexity index is 650. The van der Waals surface area contributed by atoms with E-state index in [0.717, 1.165) is 18.1 Å². The van der Waals surface area contributed by atoms with Gasteiger partial charge in [0.25, 0.3) is 0 Å². The van der Waals surface area contributed by atoms with E-state index in [1.807, 2.05) is 23.9 Å². The zero-order chi connectivity index (χ0) is 16.8. The summed E-state index contributed by atoms with van der Waals surface area (Å²) in [5.74, 6) is 1.16. The Labute approximate surface area is 143 Å². The summed E-state index contributed by atoms with van der Waals surface area (Å²) < 4.78 is 21.6. The van der Waals surface area contributed by atoms with Crippen molar-refractivity contribution < 1.29 is 9.13 Å². The monoisotopic (exact) mass is 331 g/mol. The Kier molecular flexibility index (Phi) is 5.86. The molecular formula is C19H26FN3O. The number of rotatable bonds is 7. The molecule has 2 aromatic rings. The molecule has 1 aliphatic rings. The molecule has 1 saturated carbocycles. The van der Waals surface area contributed by atoms with Gasteiger partial charge in [-0.15, -0.1) is 0 Å². The number of nitrogens with one attached hydrogen (secondary N) is 1. The molecule has 0 spiro atoms. The lowest BCUT2D eigenvalue weighted by Crippen LogP contribution is -2.16. The van der Waals surface area contributed by atoms with Crippen molar-refractivity contribution in [3.63, 3.8) is 0 Å². The SMILES string of the molecule is CNCc1cc(OCc2ccccc2F)n(CC2CCCCC2)n1. The highest BCUT2D eigenvalue weighted by Crippen LogP contribution is 2.27. The van der Waals surface area contributed by atoms with Crippen LogP contribution in [0.25, 0.3) is 0 Å². The van der Waals surface area contributed by atoms with Crippen molar-refractivity contribution in [2.45, 2.75) is 51.8 Å². The lowest BCUT2D eigenvalue weighted by Gasteiger charge is -2.22. The zero-order valence-corrected chi connectivity index (χ0v) is 14.3. The Hall–Kier alpha value is -1.88. The fraction of sp³-hybridized carbons (Fsp3) is 0.526. The van der Waals surface area contributed by atoms with Crippen LogP contribution in [0.4, 0.5) is 4.39 Å². The molecular weight excluding hydrogens is 305 g/mol. The molecule has 1 N–H and O–H groups in total. The van der Waals surface area contributed by atoms with Gasteiger partial charge in [0.1, 0.15) is 12.4 Å². The minimum absolute atomic E-state index is 0.224. The maximum atomic E-state index is 13.8. The summed E-state index contributed by atoms with van der Waals surface area (Å²) in [5, 5.41) is 7.78. The molecule has 5 heteroatoms. The smallest absolute Gasteiger partial charge is 0.212 e. The van der Waals surface area contributed by atoms with Gasteiger partial charge in [-0.05, 0) is 31.9 Å². The molecule has 1 aromatic carbocycles. The Morgan fingerprint density at radius 2 is 2.04 bits per heavy atom. The van der Waals surface area contributed by atoms with Gasteiger partial charge in [-0.2, -0.15) is 5.10 Å². The molecule has 0 radical (unpaired) electrons. The lowest BCUT2D eigenvalue weighted by molar-refractivity contribution is 0.242. The fourth-order valence-corrected chi connectivity index (χ4v) is 3.35. The molecule has 1 heterocycles. The van der Waals surface area contributed by atoms with Crippen LogP contribution in [0.15, 0.2) is 30.3 Å². The maximum absolute atomic E-state index is 13.8. The third-order valence-corrected chi connectivity index (χ3v) is 4.64. The third-order valence-electron chi connectivity index (χ3n) is 4.64. The first-order valence-electron chi connectivity index (χ1n) is 8.84. The quantitative estimate of drug-likeness (QED) is 0.836. The van der Waals surface area contributed by atoms with E-state index in [1.54, 1.807) is 12.1 Å². The van der Waals surface area contributed by atoms with Crippen LogP contribution in [0.3, 0.4) is 0 Å². The lowest BCUT2D eigenvalue weighted by atomic mass is 9.89. The molecule has 1 fully saturated rings. The maximum Gasteiger partial charge on any atom is 0.212 e. The van der Waals surface area contributed by atoms with Crippen molar-refractivity contribution in [1.29, 1.82) is 0 Å². The van der Waals surface area contributed by atoms with Crippen molar-refractivity contribution in [3.8, 4) is 5.88 Å². The minimum Gasteiger partial charge on any atom is -0.473 e. The fourth-order valence-electron chi connectivity index (χ4n) is 3.35. The molecule has 3 rings (SSSR count). The number of hydrogen-bond acceptors (Lipinski definition) is 3. The number of ether oxygens (including phenoxy) is 1. The summed E-state index contributed by atoms with van der Waals surface area (Å²) in [4.78, 5) is 0. The highest BCUT2D eigenvalue weighted by atomic mass is 19.1. The molecule has 0 aliphatic heterocycles. The van der Waals surface area contributed by atoms with Crippen molar-refractivity contribution in [2.24, 2.45) is 5.92 Å². The number of halogens is 1. The number of benzene rings is 1. The molecule has 4 nitrogen and oxygen atoms in total. The first kappa shape index (κ1) is 17.0. The predicted molar refractivity (Wildman–Crippen MR) is 92.3 cm³/mol. The van der Waals surface area contributed by atoms with Crippen LogP contribution in [0.5, 0.6) is 5.88 Å². The van der Waals surface area contributed by atoms with Crippen molar-refractivity contribution in [3.05, 3.63) is 47.4 Å². The van der Waals surface area contributed by atoms with E-state index in [-0.39, 0.29) is 12.4 Å². The van der Waals surface area contributed by atoms with Gasteiger partial charge in [-0.3, -0.25) is 0 Å². The Balaban J connectivity index is 1.71. The molecule has 0 unspecified atom stereocenters. The largest absolute Gasteiger partial charge is 0.473 e. The third kappa shape index (κ3) is 4.35. The average Bonchev–Trinajstić information content (AvgIpc) is 2.97. The first-order valence-corrected chi connectivity index (χ1v) is 8.84. The van der Waals surface area contributed by atoms with Crippen molar-refractivity contribution >= 4 is 0 Å². The van der Waals surface area contributed by atoms with Gasteiger partial charge in [0.05, 0.1) is 5.69 Å². The number of nitrogens with zero attached hydrogens (tertiary/aromatic N) is 2. The summed E-state index contributed by atoms with van der Waals surface area (Å²) in [6.07, 6.45) is 6.47. The second-order valence-electron chi connectivity index (χ2n) is 6.57. The van der Waals surface area contributed by atoms with Crippen LogP contribution in [0, 0.1) is 11.7 Å². The van der Waals surface area contributed by atoms with E-state index >= 15 is 0 Å².